The minimum Gasteiger partial charge on any atom is -0.506 e. The molecule has 0 aliphatic rings. The fraction of sp³-hybridized carbons (Fsp3) is 0.211. The van der Waals surface area contributed by atoms with Crippen molar-refractivity contribution in [2.24, 2.45) is 0 Å². The summed E-state index contributed by atoms with van der Waals surface area (Å²) in [4.78, 5) is 14.9. The van der Waals surface area contributed by atoms with Gasteiger partial charge in [-0.05, 0) is 36.8 Å². The van der Waals surface area contributed by atoms with Gasteiger partial charge >= 0.3 is 5.97 Å². The number of aromatic nitrogens is 6. The summed E-state index contributed by atoms with van der Waals surface area (Å²) in [6.07, 6.45) is 3.24. The summed E-state index contributed by atoms with van der Waals surface area (Å²) in [6, 6.07) is 8.45. The zero-order valence-electron chi connectivity index (χ0n) is 16.5. The Balaban J connectivity index is 0.000000419. The van der Waals surface area contributed by atoms with Gasteiger partial charge in [0.1, 0.15) is 22.5 Å². The lowest BCUT2D eigenvalue weighted by Crippen LogP contribution is -2.11. The summed E-state index contributed by atoms with van der Waals surface area (Å²) < 4.78 is 4.71. The number of benzene rings is 2. The molecule has 0 aliphatic carbocycles. The van der Waals surface area contributed by atoms with E-state index >= 15 is 0 Å². The van der Waals surface area contributed by atoms with Crippen LogP contribution >= 0.6 is 0 Å². The van der Waals surface area contributed by atoms with Gasteiger partial charge in [0.05, 0.1) is 18.9 Å². The number of esters is 1. The summed E-state index contributed by atoms with van der Waals surface area (Å²) in [6.45, 7) is 1.96. The number of methoxy groups -OCH3 is 1. The number of rotatable bonds is 3. The van der Waals surface area contributed by atoms with Crippen LogP contribution in [-0.4, -0.2) is 62.7 Å². The van der Waals surface area contributed by atoms with E-state index in [2.05, 4.69) is 25.6 Å². The Kier molecular flexibility index (Phi) is 5.72. The number of carbonyl (C=O) groups excluding carboxylic acids is 1. The number of ether oxygens (including phenoxy) is 1. The van der Waals surface area contributed by atoms with Crippen LogP contribution in [0.1, 0.15) is 15.9 Å². The average Bonchev–Trinajstić information content (AvgIpc) is 3.40. The highest BCUT2D eigenvalue weighted by Crippen LogP contribution is 2.30. The van der Waals surface area contributed by atoms with Crippen molar-refractivity contribution in [3.8, 4) is 11.4 Å². The molecule has 4 aromatic rings. The van der Waals surface area contributed by atoms with Gasteiger partial charge in [-0.25, -0.2) is 4.79 Å². The molecule has 2 aromatic heterocycles. The molecule has 0 aliphatic heterocycles. The largest absolute Gasteiger partial charge is 0.506 e. The van der Waals surface area contributed by atoms with Crippen LogP contribution in [0.5, 0.6) is 5.75 Å². The number of nitrogens with zero attached hydrogens (tertiary/aromatic N) is 6. The Morgan fingerprint density at radius 2 is 1.93 bits per heavy atom. The summed E-state index contributed by atoms with van der Waals surface area (Å²) in [5.41, 5.74) is 3.96. The molecule has 10 nitrogen and oxygen atoms in total. The van der Waals surface area contributed by atoms with Gasteiger partial charge in [-0.3, -0.25) is 5.10 Å². The lowest BCUT2D eigenvalue weighted by atomic mass is 10.1. The number of anilines is 1. The first-order chi connectivity index (χ1) is 13.9. The second kappa shape index (κ2) is 8.38. The molecular weight excluding hydrogens is 374 g/mol. The first-order valence-corrected chi connectivity index (χ1v) is 8.68. The number of fused-ring (bicyclic) bond motifs is 1. The van der Waals surface area contributed by atoms with Gasteiger partial charge in [-0.1, -0.05) is 5.21 Å². The van der Waals surface area contributed by atoms with E-state index in [1.54, 1.807) is 36.7 Å². The molecule has 0 unspecified atom stereocenters. The minimum absolute atomic E-state index is 0.0813. The van der Waals surface area contributed by atoms with E-state index in [0.717, 1.165) is 11.3 Å². The van der Waals surface area contributed by atoms with Crippen LogP contribution in [0, 0.1) is 6.92 Å². The molecule has 0 atom stereocenters. The molecule has 2 N–H and O–H groups in total. The van der Waals surface area contributed by atoms with Crippen LogP contribution in [-0.2, 0) is 4.74 Å². The average molecular weight is 395 g/mol. The van der Waals surface area contributed by atoms with E-state index in [-0.39, 0.29) is 5.75 Å². The van der Waals surface area contributed by atoms with Crippen molar-refractivity contribution in [1.29, 1.82) is 0 Å². The van der Waals surface area contributed by atoms with Gasteiger partial charge in [0.25, 0.3) is 0 Å². The second-order valence-electron chi connectivity index (χ2n) is 6.37. The second-order valence-corrected chi connectivity index (χ2v) is 6.37. The highest BCUT2D eigenvalue weighted by molar-refractivity contribution is 5.93. The van der Waals surface area contributed by atoms with Gasteiger partial charge in [-0.2, -0.15) is 0 Å². The molecule has 10 heteroatoms. The first kappa shape index (κ1) is 19.8. The Hall–Kier alpha value is -3.95. The maximum atomic E-state index is 11.6. The Labute approximate surface area is 166 Å². The molecular formula is C19H21N7O3. The van der Waals surface area contributed by atoms with Crippen LogP contribution in [0.4, 0.5) is 5.69 Å². The van der Waals surface area contributed by atoms with Gasteiger partial charge < -0.3 is 14.7 Å². The topological polar surface area (TPSA) is 122 Å². The maximum Gasteiger partial charge on any atom is 0.337 e. The molecule has 0 bridgehead atoms. The molecule has 2 heterocycles. The fourth-order valence-corrected chi connectivity index (χ4v) is 2.75. The molecule has 150 valence electrons. The Morgan fingerprint density at radius 1 is 1.17 bits per heavy atom. The summed E-state index contributed by atoms with van der Waals surface area (Å²) in [7, 11) is 5.16. The molecule has 0 radical (unpaired) electrons. The first-order valence-electron chi connectivity index (χ1n) is 8.68. The van der Waals surface area contributed by atoms with Gasteiger partial charge in [-0.15, -0.1) is 20.1 Å². The minimum atomic E-state index is -0.430. The standard InChI is InChI=1S/C17H18N4O3.C2H3N3/c1-10-7-15(16(22)9-14(10)20(2)3)21-18-12-6-5-11(17(23)24-4)8-13(12)19-21;1-2-4-5-3-1/h5-9,22H,1-4H3;1-2H,(H,3,4,5). The molecule has 29 heavy (non-hydrogen) atoms. The number of phenolic OH excluding ortho intramolecular Hbond substituents is 1. The van der Waals surface area contributed by atoms with Crippen molar-refractivity contribution in [1.82, 2.24) is 30.4 Å². The van der Waals surface area contributed by atoms with Crippen LogP contribution in [0.15, 0.2) is 42.7 Å². The number of aryl methyl sites for hydroxylation is 1. The monoisotopic (exact) mass is 395 g/mol. The molecule has 0 amide bonds. The number of phenols is 1. The molecule has 0 fully saturated rings. The zero-order chi connectivity index (χ0) is 21.0. The van der Waals surface area contributed by atoms with E-state index in [4.69, 9.17) is 4.74 Å². The summed E-state index contributed by atoms with van der Waals surface area (Å²) in [5, 5.41) is 28.3. The van der Waals surface area contributed by atoms with E-state index < -0.39 is 5.97 Å². The van der Waals surface area contributed by atoms with Crippen LogP contribution in [0.25, 0.3) is 16.7 Å². The van der Waals surface area contributed by atoms with E-state index in [0.29, 0.717) is 22.3 Å². The van der Waals surface area contributed by atoms with E-state index in [1.165, 1.54) is 11.9 Å². The van der Waals surface area contributed by atoms with Gasteiger partial charge in [0.15, 0.2) is 0 Å². The molecule has 4 rings (SSSR count). The van der Waals surface area contributed by atoms with Crippen LogP contribution in [0.3, 0.4) is 0 Å². The van der Waals surface area contributed by atoms with E-state index in [1.807, 2.05) is 32.0 Å². The lowest BCUT2D eigenvalue weighted by Gasteiger charge is -2.17. The third-order valence-electron chi connectivity index (χ3n) is 4.12. The SMILES string of the molecule is COC(=O)c1ccc2nn(-c3cc(C)c(N(C)C)cc3O)nc2c1.c1c[nH]nn1. The van der Waals surface area contributed by atoms with Crippen molar-refractivity contribution >= 4 is 22.7 Å². The summed E-state index contributed by atoms with van der Waals surface area (Å²) >= 11 is 0. The predicted octanol–water partition coefficient (Wildman–Crippen LogP) is 2.09. The predicted molar refractivity (Wildman–Crippen MR) is 107 cm³/mol. The van der Waals surface area contributed by atoms with E-state index in [9.17, 15) is 9.90 Å². The third-order valence-corrected chi connectivity index (χ3v) is 4.12. The zero-order valence-corrected chi connectivity index (χ0v) is 16.5. The molecule has 0 saturated heterocycles. The quantitative estimate of drug-likeness (QED) is 0.506. The molecule has 0 saturated carbocycles. The Bertz CT molecular complexity index is 1100. The number of nitrogens with one attached hydrogen (secondary N) is 1. The van der Waals surface area contributed by atoms with Crippen molar-refractivity contribution in [3.63, 3.8) is 0 Å². The number of H-pyrrole nitrogens is 1. The maximum absolute atomic E-state index is 11.6. The summed E-state index contributed by atoms with van der Waals surface area (Å²) in [5.74, 6) is -0.349. The van der Waals surface area contributed by atoms with Crippen molar-refractivity contribution in [2.75, 3.05) is 26.1 Å². The lowest BCUT2D eigenvalue weighted by molar-refractivity contribution is 0.0601. The molecule has 2 aromatic carbocycles. The number of hydrogen-bond acceptors (Lipinski definition) is 8. The number of aromatic amines is 1. The number of hydrogen-bond donors (Lipinski definition) is 2. The normalized spacial score (nSPS) is 10.3. The third kappa shape index (κ3) is 4.32. The van der Waals surface area contributed by atoms with Crippen LogP contribution < -0.4 is 4.90 Å². The highest BCUT2D eigenvalue weighted by atomic mass is 16.5. The van der Waals surface area contributed by atoms with Crippen LogP contribution in [0.2, 0.25) is 0 Å². The molecule has 0 spiro atoms. The number of carbonyl (C=O) groups is 1. The highest BCUT2D eigenvalue weighted by Gasteiger charge is 2.14. The fourth-order valence-electron chi connectivity index (χ4n) is 2.75. The van der Waals surface area contributed by atoms with Crippen molar-refractivity contribution < 1.29 is 14.6 Å². The van der Waals surface area contributed by atoms with Gasteiger partial charge in [0, 0.05) is 32.0 Å². The number of aromatic hydroxyl groups is 1. The van der Waals surface area contributed by atoms with Gasteiger partial charge in [0.2, 0.25) is 0 Å². The smallest absolute Gasteiger partial charge is 0.337 e. The Morgan fingerprint density at radius 3 is 2.52 bits per heavy atom. The van der Waals surface area contributed by atoms with Crippen molar-refractivity contribution in [2.45, 2.75) is 6.92 Å². The van der Waals surface area contributed by atoms with Crippen molar-refractivity contribution in [3.05, 3.63) is 53.9 Å².